The summed E-state index contributed by atoms with van der Waals surface area (Å²) in [6, 6.07) is 23.2. The molecule has 0 fully saturated rings. The average molecular weight is 343 g/mol. The molecular weight excluding hydrogens is 327 g/mol. The van der Waals surface area contributed by atoms with Crippen LogP contribution >= 0.6 is 23.2 Å². The molecule has 0 radical (unpaired) electrons. The first-order chi connectivity index (χ1) is 11.1. The van der Waals surface area contributed by atoms with Gasteiger partial charge in [0.1, 0.15) is 5.41 Å². The van der Waals surface area contributed by atoms with Gasteiger partial charge in [0.05, 0.1) is 22.9 Å². The smallest absolute Gasteiger partial charge is 0.147 e. The van der Waals surface area contributed by atoms with Crippen molar-refractivity contribution in [3.63, 3.8) is 0 Å². The van der Waals surface area contributed by atoms with Crippen molar-refractivity contribution >= 4 is 23.2 Å². The van der Waals surface area contributed by atoms with E-state index in [-0.39, 0.29) is 12.8 Å². The van der Waals surface area contributed by atoms with Crippen LogP contribution < -0.4 is 0 Å². The summed E-state index contributed by atoms with van der Waals surface area (Å²) in [5.74, 6) is 0. The number of nitrogens with zero attached hydrogens (tertiary/aromatic N) is 2. The molecule has 4 heteroatoms. The number of alkyl halides is 2. The molecule has 0 N–H and O–H groups in total. The van der Waals surface area contributed by atoms with E-state index in [0.717, 1.165) is 11.1 Å². The summed E-state index contributed by atoms with van der Waals surface area (Å²) in [7, 11) is 0. The minimum atomic E-state index is -1.22. The maximum absolute atomic E-state index is 9.58. The SMILES string of the molecule is N#CC(C#N)(CC(Cl)c1ccccc1)CC(Cl)c1ccccc1. The van der Waals surface area contributed by atoms with Gasteiger partial charge in [-0.1, -0.05) is 60.7 Å². The van der Waals surface area contributed by atoms with E-state index in [1.165, 1.54) is 0 Å². The summed E-state index contributed by atoms with van der Waals surface area (Å²) in [6.45, 7) is 0. The van der Waals surface area contributed by atoms with E-state index < -0.39 is 16.2 Å². The van der Waals surface area contributed by atoms with Gasteiger partial charge in [0, 0.05) is 0 Å². The number of nitriles is 2. The van der Waals surface area contributed by atoms with E-state index in [2.05, 4.69) is 12.1 Å². The van der Waals surface area contributed by atoms with Crippen LogP contribution in [0.2, 0.25) is 0 Å². The van der Waals surface area contributed by atoms with E-state index in [9.17, 15) is 10.5 Å². The molecule has 0 aromatic heterocycles. The van der Waals surface area contributed by atoms with Crippen molar-refractivity contribution in [3.05, 3.63) is 71.8 Å². The highest BCUT2D eigenvalue weighted by molar-refractivity contribution is 6.21. The van der Waals surface area contributed by atoms with Crippen LogP contribution in [-0.2, 0) is 0 Å². The van der Waals surface area contributed by atoms with Crippen molar-refractivity contribution < 1.29 is 0 Å². The lowest BCUT2D eigenvalue weighted by molar-refractivity contribution is 0.427. The highest BCUT2D eigenvalue weighted by atomic mass is 35.5. The molecule has 0 saturated carbocycles. The van der Waals surface area contributed by atoms with E-state index in [4.69, 9.17) is 23.2 Å². The van der Waals surface area contributed by atoms with Crippen LogP contribution in [0.4, 0.5) is 0 Å². The quantitative estimate of drug-likeness (QED) is 0.626. The number of benzene rings is 2. The van der Waals surface area contributed by atoms with Gasteiger partial charge in [0.25, 0.3) is 0 Å². The third-order valence-corrected chi connectivity index (χ3v) is 4.62. The maximum atomic E-state index is 9.58. The second kappa shape index (κ2) is 8.02. The Bertz CT molecular complexity index is 638. The molecule has 0 aliphatic rings. The lowest BCUT2D eigenvalue weighted by atomic mass is 9.79. The first kappa shape index (κ1) is 17.4. The predicted octanol–water partition coefficient (Wildman–Crippen LogP) is 5.76. The van der Waals surface area contributed by atoms with Gasteiger partial charge >= 0.3 is 0 Å². The van der Waals surface area contributed by atoms with Crippen molar-refractivity contribution in [2.45, 2.75) is 23.6 Å². The van der Waals surface area contributed by atoms with Crippen LogP contribution in [0.1, 0.15) is 34.7 Å². The third kappa shape index (κ3) is 4.49. The molecular formula is C19H16Cl2N2. The van der Waals surface area contributed by atoms with Crippen LogP contribution in [0.15, 0.2) is 60.7 Å². The van der Waals surface area contributed by atoms with Gasteiger partial charge in [0.2, 0.25) is 0 Å². The zero-order valence-corrected chi connectivity index (χ0v) is 14.0. The van der Waals surface area contributed by atoms with Crippen molar-refractivity contribution in [1.29, 1.82) is 10.5 Å². The molecule has 0 aliphatic heterocycles. The lowest BCUT2D eigenvalue weighted by Crippen LogP contribution is -2.20. The van der Waals surface area contributed by atoms with E-state index in [1.54, 1.807) is 0 Å². The Morgan fingerprint density at radius 3 is 1.39 bits per heavy atom. The lowest BCUT2D eigenvalue weighted by Gasteiger charge is -2.24. The summed E-state index contributed by atoms with van der Waals surface area (Å²) in [5.41, 5.74) is 0.578. The Morgan fingerprint density at radius 1 is 0.739 bits per heavy atom. The molecule has 2 atom stereocenters. The van der Waals surface area contributed by atoms with Crippen LogP contribution in [0.5, 0.6) is 0 Å². The van der Waals surface area contributed by atoms with Crippen LogP contribution in [-0.4, -0.2) is 0 Å². The van der Waals surface area contributed by atoms with Crippen LogP contribution in [0.3, 0.4) is 0 Å². The van der Waals surface area contributed by atoms with Crippen molar-refractivity contribution in [2.24, 2.45) is 5.41 Å². The van der Waals surface area contributed by atoms with Gasteiger partial charge in [-0.3, -0.25) is 0 Å². The summed E-state index contributed by atoms with van der Waals surface area (Å²) in [5, 5.41) is 18.3. The standard InChI is InChI=1S/C19H16Cl2N2/c20-17(15-7-3-1-4-8-15)11-19(13-22,14-23)12-18(21)16-9-5-2-6-10-16/h1-10,17-18H,11-12H2. The Balaban J connectivity index is 2.16. The van der Waals surface area contributed by atoms with Crippen molar-refractivity contribution in [3.8, 4) is 12.1 Å². The highest BCUT2D eigenvalue weighted by Gasteiger charge is 2.36. The van der Waals surface area contributed by atoms with Crippen LogP contribution in [0, 0.1) is 28.1 Å². The molecule has 0 heterocycles. The number of hydrogen-bond acceptors (Lipinski definition) is 2. The molecule has 0 bridgehead atoms. The molecule has 0 saturated heterocycles. The summed E-state index contributed by atoms with van der Waals surface area (Å²) in [4.78, 5) is 0. The molecule has 2 aromatic rings. The molecule has 0 aliphatic carbocycles. The summed E-state index contributed by atoms with van der Waals surface area (Å²) >= 11 is 12.9. The predicted molar refractivity (Wildman–Crippen MR) is 93.0 cm³/mol. The average Bonchev–Trinajstić information content (AvgIpc) is 2.62. The summed E-state index contributed by atoms with van der Waals surface area (Å²) < 4.78 is 0. The fraction of sp³-hybridized carbons (Fsp3) is 0.263. The zero-order valence-electron chi connectivity index (χ0n) is 12.5. The second-order valence-corrected chi connectivity index (χ2v) is 6.52. The molecule has 2 unspecified atom stereocenters. The molecule has 2 nitrogen and oxygen atoms in total. The van der Waals surface area contributed by atoms with E-state index >= 15 is 0 Å². The van der Waals surface area contributed by atoms with Gasteiger partial charge in [-0.2, -0.15) is 10.5 Å². The Hall–Kier alpha value is -2.00. The van der Waals surface area contributed by atoms with Crippen molar-refractivity contribution in [1.82, 2.24) is 0 Å². The topological polar surface area (TPSA) is 47.6 Å². The second-order valence-electron chi connectivity index (χ2n) is 5.47. The molecule has 0 spiro atoms. The first-order valence-corrected chi connectivity index (χ1v) is 8.18. The fourth-order valence-corrected chi connectivity index (χ4v) is 3.28. The van der Waals surface area contributed by atoms with Gasteiger partial charge < -0.3 is 0 Å². The molecule has 23 heavy (non-hydrogen) atoms. The Labute approximate surface area is 146 Å². The Kier molecular flexibility index (Phi) is 6.05. The van der Waals surface area contributed by atoms with E-state index in [0.29, 0.717) is 0 Å². The zero-order chi connectivity index (χ0) is 16.7. The van der Waals surface area contributed by atoms with Crippen molar-refractivity contribution in [2.75, 3.05) is 0 Å². The minimum absolute atomic E-state index is 0.238. The highest BCUT2D eigenvalue weighted by Crippen LogP contribution is 2.42. The Morgan fingerprint density at radius 2 is 1.09 bits per heavy atom. The molecule has 0 amide bonds. The van der Waals surface area contributed by atoms with Gasteiger partial charge in [0.15, 0.2) is 0 Å². The number of halogens is 2. The summed E-state index contributed by atoms with van der Waals surface area (Å²) in [6.07, 6.45) is 0.475. The first-order valence-electron chi connectivity index (χ1n) is 7.31. The largest absolute Gasteiger partial charge is 0.197 e. The number of rotatable bonds is 6. The monoisotopic (exact) mass is 342 g/mol. The van der Waals surface area contributed by atoms with E-state index in [1.807, 2.05) is 60.7 Å². The normalized spacial score (nSPS) is 13.6. The third-order valence-electron chi connectivity index (χ3n) is 3.81. The number of hydrogen-bond donors (Lipinski definition) is 0. The van der Waals surface area contributed by atoms with Gasteiger partial charge in [-0.25, -0.2) is 0 Å². The maximum Gasteiger partial charge on any atom is 0.147 e. The molecule has 116 valence electrons. The fourth-order valence-electron chi connectivity index (χ4n) is 2.46. The molecule has 2 aromatic carbocycles. The van der Waals surface area contributed by atoms with Gasteiger partial charge in [-0.05, 0) is 24.0 Å². The van der Waals surface area contributed by atoms with Crippen LogP contribution in [0.25, 0.3) is 0 Å². The van der Waals surface area contributed by atoms with Gasteiger partial charge in [-0.15, -0.1) is 23.2 Å². The minimum Gasteiger partial charge on any atom is -0.197 e. The molecule has 2 rings (SSSR count).